The molecule has 3 rings (SSSR count). The van der Waals surface area contributed by atoms with Crippen LogP contribution in [0.15, 0.2) is 61.4 Å². The molecule has 152 valence electrons. The van der Waals surface area contributed by atoms with Crippen LogP contribution >= 0.6 is 0 Å². The average Bonchev–Trinajstić information content (AvgIpc) is 2.74. The van der Waals surface area contributed by atoms with E-state index >= 15 is 0 Å². The zero-order valence-electron chi connectivity index (χ0n) is 16.7. The normalized spacial score (nSPS) is 10.2. The Labute approximate surface area is 174 Å². The smallest absolute Gasteiger partial charge is 0.229 e. The Bertz CT molecular complexity index is 1080. The maximum absolute atomic E-state index is 12.0. The molecule has 3 aromatic rings. The largest absolute Gasteiger partial charge is 0.481 e. The van der Waals surface area contributed by atoms with Crippen molar-refractivity contribution in [1.29, 1.82) is 0 Å². The molecule has 8 nitrogen and oxygen atoms in total. The van der Waals surface area contributed by atoms with Gasteiger partial charge < -0.3 is 15.4 Å². The van der Waals surface area contributed by atoms with Crippen molar-refractivity contribution in [2.75, 3.05) is 17.7 Å². The lowest BCUT2D eigenvalue weighted by molar-refractivity contribution is -0.114. The van der Waals surface area contributed by atoms with Gasteiger partial charge in [-0.1, -0.05) is 18.7 Å². The van der Waals surface area contributed by atoms with Gasteiger partial charge in [0.05, 0.1) is 24.6 Å². The monoisotopic (exact) mass is 403 g/mol. The second-order valence-electron chi connectivity index (χ2n) is 6.40. The van der Waals surface area contributed by atoms with Crippen molar-refractivity contribution in [1.82, 2.24) is 15.0 Å². The molecule has 2 aromatic heterocycles. The lowest BCUT2D eigenvalue weighted by Crippen LogP contribution is -2.07. The van der Waals surface area contributed by atoms with Gasteiger partial charge >= 0.3 is 0 Å². The predicted molar refractivity (Wildman–Crippen MR) is 115 cm³/mol. The van der Waals surface area contributed by atoms with E-state index in [1.807, 2.05) is 24.3 Å². The number of nitrogens with zero attached hydrogens (tertiary/aromatic N) is 3. The molecule has 0 aliphatic heterocycles. The van der Waals surface area contributed by atoms with E-state index in [1.165, 1.54) is 19.2 Å². The molecule has 0 saturated carbocycles. The summed E-state index contributed by atoms with van der Waals surface area (Å²) >= 11 is 0. The van der Waals surface area contributed by atoms with Crippen LogP contribution in [0.2, 0.25) is 0 Å². The molecule has 0 amide bonds. The van der Waals surface area contributed by atoms with E-state index in [4.69, 9.17) is 4.74 Å². The molecule has 2 N–H and O–H groups in total. The molecule has 0 unspecified atom stereocenters. The number of ketones is 2. The highest BCUT2D eigenvalue weighted by molar-refractivity contribution is 5.99. The maximum atomic E-state index is 12.0. The first-order valence-corrected chi connectivity index (χ1v) is 9.14. The number of rotatable bonds is 9. The fourth-order valence-electron chi connectivity index (χ4n) is 2.67. The number of methoxy groups -OCH3 is 1. The van der Waals surface area contributed by atoms with Crippen molar-refractivity contribution in [2.24, 2.45) is 0 Å². The highest BCUT2D eigenvalue weighted by Gasteiger charge is 2.13. The Morgan fingerprint density at radius 3 is 2.60 bits per heavy atom. The van der Waals surface area contributed by atoms with Gasteiger partial charge in [-0.25, -0.2) is 9.97 Å². The van der Waals surface area contributed by atoms with Crippen LogP contribution in [0, 0.1) is 0 Å². The van der Waals surface area contributed by atoms with Gasteiger partial charge in [0.2, 0.25) is 11.8 Å². The zero-order chi connectivity index (χ0) is 21.5. The van der Waals surface area contributed by atoms with E-state index < -0.39 is 0 Å². The minimum atomic E-state index is -0.173. The molecule has 0 aliphatic carbocycles. The summed E-state index contributed by atoms with van der Waals surface area (Å²) in [5.74, 6) is 0.901. The van der Waals surface area contributed by atoms with Gasteiger partial charge in [0.25, 0.3) is 0 Å². The fourth-order valence-corrected chi connectivity index (χ4v) is 2.67. The number of Topliss-reactive ketones (excluding diaryl/α,β-unsaturated/α-hetero) is 1. The molecule has 1 aromatic carbocycles. The summed E-state index contributed by atoms with van der Waals surface area (Å²) in [5.41, 5.74) is 2.54. The lowest BCUT2D eigenvalue weighted by Gasteiger charge is -2.12. The fraction of sp³-hybridized carbons (Fsp3) is 0.136. The van der Waals surface area contributed by atoms with Gasteiger partial charge in [-0.05, 0) is 36.8 Å². The maximum Gasteiger partial charge on any atom is 0.229 e. The van der Waals surface area contributed by atoms with Crippen LogP contribution in [0.1, 0.15) is 22.8 Å². The van der Waals surface area contributed by atoms with E-state index in [0.29, 0.717) is 34.6 Å². The topological polar surface area (TPSA) is 106 Å². The minimum absolute atomic E-state index is 0.0711. The minimum Gasteiger partial charge on any atom is -0.481 e. The summed E-state index contributed by atoms with van der Waals surface area (Å²) in [6.45, 7) is 4.94. The number of nitrogens with one attached hydrogen (secondary N) is 2. The molecule has 0 aliphatic rings. The van der Waals surface area contributed by atoms with Crippen molar-refractivity contribution in [2.45, 2.75) is 13.3 Å². The first kappa shape index (κ1) is 20.7. The molecular weight excluding hydrogens is 382 g/mol. The molecule has 0 fully saturated rings. The zero-order valence-corrected chi connectivity index (χ0v) is 16.7. The molecule has 0 radical (unpaired) electrons. The molecular formula is C22H21N5O3. The van der Waals surface area contributed by atoms with Crippen LogP contribution in [-0.4, -0.2) is 33.6 Å². The van der Waals surface area contributed by atoms with Crippen LogP contribution in [0.5, 0.6) is 5.88 Å². The Morgan fingerprint density at radius 2 is 1.93 bits per heavy atom. The van der Waals surface area contributed by atoms with Crippen LogP contribution < -0.4 is 15.4 Å². The van der Waals surface area contributed by atoms with Crippen LogP contribution in [0.4, 0.5) is 23.1 Å². The third-order valence-electron chi connectivity index (χ3n) is 4.17. The van der Waals surface area contributed by atoms with E-state index in [1.54, 1.807) is 25.4 Å². The summed E-state index contributed by atoms with van der Waals surface area (Å²) in [7, 11) is 1.54. The number of ether oxygens (including phenoxy) is 1. The van der Waals surface area contributed by atoms with Crippen LogP contribution in [0.3, 0.4) is 0 Å². The van der Waals surface area contributed by atoms with Gasteiger partial charge in [0, 0.05) is 24.4 Å². The van der Waals surface area contributed by atoms with Gasteiger partial charge in [-0.15, -0.1) is 0 Å². The number of hydrogen-bond donors (Lipinski definition) is 2. The van der Waals surface area contributed by atoms with E-state index in [2.05, 4.69) is 32.2 Å². The molecule has 0 spiro atoms. The number of carbonyl (C=O) groups excluding carboxylic acids is 2. The average molecular weight is 403 g/mol. The second-order valence-corrected chi connectivity index (χ2v) is 6.40. The summed E-state index contributed by atoms with van der Waals surface area (Å²) in [4.78, 5) is 36.4. The highest BCUT2D eigenvalue weighted by atomic mass is 16.5. The third-order valence-corrected chi connectivity index (χ3v) is 4.17. The van der Waals surface area contributed by atoms with Gasteiger partial charge in [0.1, 0.15) is 5.82 Å². The second kappa shape index (κ2) is 9.42. The molecule has 30 heavy (non-hydrogen) atoms. The quantitative estimate of drug-likeness (QED) is 0.410. The standard InChI is InChI=1S/C22H21N5O3/c1-4-18(29)11-15-6-5-7-16(10-15)25-21-19(14(2)28)13-24-22(27-21)26-17-8-9-20(30-3)23-12-17/h4-10,12-13H,1,11H2,2-3H3,(H2,24,25,26,27). The highest BCUT2D eigenvalue weighted by Crippen LogP contribution is 2.23. The summed E-state index contributed by atoms with van der Waals surface area (Å²) < 4.78 is 5.04. The van der Waals surface area contributed by atoms with E-state index in [-0.39, 0.29) is 18.0 Å². The van der Waals surface area contributed by atoms with Crippen LogP contribution in [-0.2, 0) is 11.2 Å². The number of anilines is 4. The molecule has 0 saturated heterocycles. The predicted octanol–water partition coefficient (Wildman–Crippen LogP) is 3.87. The Hall–Kier alpha value is -4.07. The van der Waals surface area contributed by atoms with Crippen LogP contribution in [0.25, 0.3) is 0 Å². The number of pyridine rings is 1. The first-order chi connectivity index (χ1) is 14.5. The lowest BCUT2D eigenvalue weighted by atomic mass is 10.1. The van der Waals surface area contributed by atoms with Crippen molar-refractivity contribution in [3.8, 4) is 5.88 Å². The summed E-state index contributed by atoms with van der Waals surface area (Å²) in [6, 6.07) is 10.8. The molecule has 0 atom stereocenters. The number of benzene rings is 1. The van der Waals surface area contributed by atoms with Gasteiger partial charge in [0.15, 0.2) is 11.6 Å². The summed E-state index contributed by atoms with van der Waals surface area (Å²) in [5, 5.41) is 6.19. The molecule has 8 heteroatoms. The summed E-state index contributed by atoms with van der Waals surface area (Å²) in [6.07, 6.45) is 4.60. The number of hydrogen-bond acceptors (Lipinski definition) is 8. The van der Waals surface area contributed by atoms with Crippen molar-refractivity contribution < 1.29 is 14.3 Å². The Balaban J connectivity index is 1.86. The van der Waals surface area contributed by atoms with Gasteiger partial charge in [-0.2, -0.15) is 4.98 Å². The number of allylic oxidation sites excluding steroid dienone is 1. The molecule has 2 heterocycles. The SMILES string of the molecule is C=CC(=O)Cc1cccc(Nc2nc(Nc3ccc(OC)nc3)ncc2C(C)=O)c1. The third kappa shape index (κ3) is 5.26. The number of carbonyl (C=O) groups is 2. The van der Waals surface area contributed by atoms with Crippen molar-refractivity contribution >= 4 is 34.7 Å². The van der Waals surface area contributed by atoms with Crippen molar-refractivity contribution in [3.05, 3.63) is 72.6 Å². The Morgan fingerprint density at radius 1 is 1.10 bits per heavy atom. The first-order valence-electron chi connectivity index (χ1n) is 9.14. The Kier molecular flexibility index (Phi) is 6.49. The van der Waals surface area contributed by atoms with Gasteiger partial charge in [-0.3, -0.25) is 9.59 Å². The number of aromatic nitrogens is 3. The molecule has 0 bridgehead atoms. The van der Waals surface area contributed by atoms with E-state index in [9.17, 15) is 9.59 Å². The van der Waals surface area contributed by atoms with Crippen molar-refractivity contribution in [3.63, 3.8) is 0 Å². The van der Waals surface area contributed by atoms with E-state index in [0.717, 1.165) is 5.56 Å².